The molecule has 0 fully saturated rings. The lowest BCUT2D eigenvalue weighted by atomic mass is 10.3. The van der Waals surface area contributed by atoms with Gasteiger partial charge in [-0.3, -0.25) is 0 Å². The fourth-order valence-electron chi connectivity index (χ4n) is 2.14. The molecule has 0 N–H and O–H groups in total. The highest BCUT2D eigenvalue weighted by atomic mass is 35.5. The van der Waals surface area contributed by atoms with Crippen LogP contribution in [0.2, 0.25) is 5.02 Å². The first-order valence-electron chi connectivity index (χ1n) is 6.86. The van der Waals surface area contributed by atoms with Crippen LogP contribution >= 0.6 is 11.6 Å². The topological polar surface area (TPSA) is 57.8 Å². The molecule has 3 aromatic rings. The van der Waals surface area contributed by atoms with Gasteiger partial charge in [-0.2, -0.15) is 0 Å². The molecule has 0 saturated carbocycles. The van der Waals surface area contributed by atoms with E-state index in [4.69, 9.17) is 16.4 Å². The average molecular weight is 306 g/mol. The van der Waals surface area contributed by atoms with Gasteiger partial charge in [-0.15, -0.1) is 5.10 Å². The maximum Gasteiger partial charge on any atom is 0.132 e. The third-order valence-corrected chi connectivity index (χ3v) is 3.54. The number of halogens is 1. The summed E-state index contributed by atoms with van der Waals surface area (Å²) in [6.07, 6.45) is 5.75. The third kappa shape index (κ3) is 3.16. The Labute approximate surface area is 127 Å². The Morgan fingerprint density at radius 2 is 2.19 bits per heavy atom. The number of hydrogen-bond donors (Lipinski definition) is 0. The maximum atomic E-state index is 5.97. The van der Waals surface area contributed by atoms with Crippen molar-refractivity contribution in [1.29, 1.82) is 0 Å². The Balaban J connectivity index is 1.50. The Hall–Kier alpha value is -2.08. The molecular weight excluding hydrogens is 290 g/mol. The van der Waals surface area contributed by atoms with Gasteiger partial charge in [-0.1, -0.05) is 16.4 Å². The average Bonchev–Trinajstić information content (AvgIpc) is 3.05. The van der Waals surface area contributed by atoms with Crippen LogP contribution < -0.4 is 4.84 Å². The van der Waals surface area contributed by atoms with Crippen molar-refractivity contribution in [3.63, 3.8) is 0 Å². The number of rotatable bonds is 6. The quantitative estimate of drug-likeness (QED) is 0.657. The largest absolute Gasteiger partial charge is 0.395 e. The molecule has 21 heavy (non-hydrogen) atoms. The SMILES string of the molecule is Cc1nccn1CCCCOn1nnc2ccc(Cl)cc21. The van der Waals surface area contributed by atoms with Gasteiger partial charge in [0.1, 0.15) is 23.5 Å². The normalized spacial score (nSPS) is 11.1. The summed E-state index contributed by atoms with van der Waals surface area (Å²) >= 11 is 5.97. The van der Waals surface area contributed by atoms with Crippen LogP contribution in [0.25, 0.3) is 11.0 Å². The van der Waals surface area contributed by atoms with Crippen molar-refractivity contribution in [3.8, 4) is 0 Å². The molecule has 1 aromatic carbocycles. The van der Waals surface area contributed by atoms with Crippen molar-refractivity contribution in [3.05, 3.63) is 41.4 Å². The van der Waals surface area contributed by atoms with Gasteiger partial charge in [0.05, 0.1) is 0 Å². The molecule has 0 bridgehead atoms. The second-order valence-corrected chi connectivity index (χ2v) is 5.24. The van der Waals surface area contributed by atoms with E-state index in [0.29, 0.717) is 11.6 Å². The van der Waals surface area contributed by atoms with Gasteiger partial charge in [-0.05, 0) is 43.2 Å². The van der Waals surface area contributed by atoms with Crippen molar-refractivity contribution in [1.82, 2.24) is 24.7 Å². The Bertz CT molecular complexity index is 736. The predicted molar refractivity (Wildman–Crippen MR) is 80.2 cm³/mol. The van der Waals surface area contributed by atoms with Crippen LogP contribution in [0.15, 0.2) is 30.6 Å². The third-order valence-electron chi connectivity index (χ3n) is 3.31. The summed E-state index contributed by atoms with van der Waals surface area (Å²) in [6, 6.07) is 5.41. The highest BCUT2D eigenvalue weighted by Crippen LogP contribution is 2.16. The summed E-state index contributed by atoms with van der Waals surface area (Å²) in [5.41, 5.74) is 1.56. The molecule has 7 heteroatoms. The molecule has 0 radical (unpaired) electrons. The summed E-state index contributed by atoms with van der Waals surface area (Å²) in [7, 11) is 0. The minimum atomic E-state index is 0.582. The van der Waals surface area contributed by atoms with Gasteiger partial charge in [0.15, 0.2) is 0 Å². The van der Waals surface area contributed by atoms with Gasteiger partial charge < -0.3 is 9.40 Å². The first kappa shape index (κ1) is 13.9. The maximum absolute atomic E-state index is 5.97. The summed E-state index contributed by atoms with van der Waals surface area (Å²) in [6.45, 7) is 3.53. The summed E-state index contributed by atoms with van der Waals surface area (Å²) in [5, 5.41) is 8.64. The lowest BCUT2D eigenvalue weighted by Gasteiger charge is -2.07. The summed E-state index contributed by atoms with van der Waals surface area (Å²) in [5.74, 6) is 1.04. The van der Waals surface area contributed by atoms with Crippen LogP contribution in [0.1, 0.15) is 18.7 Å². The van der Waals surface area contributed by atoms with Crippen LogP contribution in [0, 0.1) is 6.92 Å². The molecule has 6 nitrogen and oxygen atoms in total. The molecule has 0 amide bonds. The number of aromatic nitrogens is 5. The standard InChI is InChI=1S/C14H16ClN5O/c1-11-16-6-8-19(11)7-2-3-9-21-20-14-10-12(15)4-5-13(14)17-18-20/h4-6,8,10H,2-3,7,9H2,1H3. The number of hydrogen-bond acceptors (Lipinski definition) is 4. The first-order chi connectivity index (χ1) is 10.2. The van der Waals surface area contributed by atoms with E-state index in [-0.39, 0.29) is 0 Å². The lowest BCUT2D eigenvalue weighted by Crippen LogP contribution is -2.15. The molecule has 0 aliphatic carbocycles. The number of aryl methyl sites for hydroxylation is 2. The van der Waals surface area contributed by atoms with Gasteiger partial charge in [0, 0.05) is 24.0 Å². The van der Waals surface area contributed by atoms with Crippen LogP contribution in [-0.2, 0) is 6.54 Å². The lowest BCUT2D eigenvalue weighted by molar-refractivity contribution is 0.0840. The first-order valence-corrected chi connectivity index (χ1v) is 7.24. The van der Waals surface area contributed by atoms with E-state index in [0.717, 1.165) is 36.2 Å². The van der Waals surface area contributed by atoms with Crippen molar-refractivity contribution in [2.24, 2.45) is 0 Å². The highest BCUT2D eigenvalue weighted by Gasteiger charge is 2.05. The Morgan fingerprint density at radius 1 is 1.29 bits per heavy atom. The van der Waals surface area contributed by atoms with Crippen LogP contribution in [0.3, 0.4) is 0 Å². The molecule has 2 heterocycles. The molecule has 0 spiro atoms. The zero-order valence-electron chi connectivity index (χ0n) is 11.7. The minimum absolute atomic E-state index is 0.582. The molecule has 0 aliphatic rings. The monoisotopic (exact) mass is 305 g/mol. The minimum Gasteiger partial charge on any atom is -0.395 e. The van der Waals surface area contributed by atoms with E-state index < -0.39 is 0 Å². The highest BCUT2D eigenvalue weighted by molar-refractivity contribution is 6.31. The molecular formula is C14H16ClN5O. The fourth-order valence-corrected chi connectivity index (χ4v) is 2.31. The molecule has 0 saturated heterocycles. The summed E-state index contributed by atoms with van der Waals surface area (Å²) < 4.78 is 2.13. The second-order valence-electron chi connectivity index (χ2n) is 4.80. The van der Waals surface area contributed by atoms with Crippen molar-refractivity contribution < 1.29 is 4.84 Å². The number of imidazole rings is 1. The van der Waals surface area contributed by atoms with E-state index in [1.807, 2.05) is 25.4 Å². The fraction of sp³-hybridized carbons (Fsp3) is 0.357. The molecule has 110 valence electrons. The van der Waals surface area contributed by atoms with E-state index in [2.05, 4.69) is 19.9 Å². The van der Waals surface area contributed by atoms with Crippen molar-refractivity contribution in [2.45, 2.75) is 26.3 Å². The zero-order chi connectivity index (χ0) is 14.7. The van der Waals surface area contributed by atoms with E-state index in [1.165, 1.54) is 4.85 Å². The summed E-state index contributed by atoms with van der Waals surface area (Å²) in [4.78, 5) is 11.3. The molecule has 3 rings (SSSR count). The van der Waals surface area contributed by atoms with Gasteiger partial charge in [-0.25, -0.2) is 4.98 Å². The molecule has 0 atom stereocenters. The number of unbranched alkanes of at least 4 members (excludes halogenated alkanes) is 1. The molecule has 0 unspecified atom stereocenters. The van der Waals surface area contributed by atoms with Crippen LogP contribution in [0.5, 0.6) is 0 Å². The van der Waals surface area contributed by atoms with Crippen LogP contribution in [0.4, 0.5) is 0 Å². The Morgan fingerprint density at radius 3 is 3.00 bits per heavy atom. The van der Waals surface area contributed by atoms with E-state index in [9.17, 15) is 0 Å². The van der Waals surface area contributed by atoms with Crippen molar-refractivity contribution in [2.75, 3.05) is 6.61 Å². The van der Waals surface area contributed by atoms with Gasteiger partial charge >= 0.3 is 0 Å². The second kappa shape index (κ2) is 6.13. The molecule has 0 aliphatic heterocycles. The number of nitrogens with zero attached hydrogens (tertiary/aromatic N) is 5. The van der Waals surface area contributed by atoms with Crippen LogP contribution in [-0.4, -0.2) is 31.3 Å². The van der Waals surface area contributed by atoms with E-state index in [1.54, 1.807) is 12.1 Å². The number of benzene rings is 1. The predicted octanol–water partition coefficient (Wildman–Crippen LogP) is 2.50. The van der Waals surface area contributed by atoms with Crippen molar-refractivity contribution >= 4 is 22.6 Å². The van der Waals surface area contributed by atoms with Gasteiger partial charge in [0.25, 0.3) is 0 Å². The number of fused-ring (bicyclic) bond motifs is 1. The zero-order valence-corrected chi connectivity index (χ0v) is 12.5. The molecule has 2 aromatic heterocycles. The Kier molecular flexibility index (Phi) is 4.06. The van der Waals surface area contributed by atoms with Gasteiger partial charge in [0.2, 0.25) is 0 Å². The van der Waals surface area contributed by atoms with E-state index >= 15 is 0 Å². The smallest absolute Gasteiger partial charge is 0.132 e.